The van der Waals surface area contributed by atoms with Gasteiger partial charge in [-0.2, -0.15) is 0 Å². The Bertz CT molecular complexity index is 381. The lowest BCUT2D eigenvalue weighted by Gasteiger charge is -2.25. The third-order valence-corrected chi connectivity index (χ3v) is 2.96. The number of ether oxygens (including phenoxy) is 1. The molecule has 0 radical (unpaired) electrons. The van der Waals surface area contributed by atoms with Gasteiger partial charge in [0.15, 0.2) is 0 Å². The van der Waals surface area contributed by atoms with Crippen LogP contribution in [0.25, 0.3) is 0 Å². The Labute approximate surface area is 99.2 Å². The van der Waals surface area contributed by atoms with Gasteiger partial charge in [0.1, 0.15) is 0 Å². The Kier molecular flexibility index (Phi) is 3.19. The molecule has 1 heterocycles. The maximum Gasteiger partial charge on any atom is 0.267 e. The second-order valence-corrected chi connectivity index (χ2v) is 4.39. The third kappa shape index (κ3) is 2.66. The van der Waals surface area contributed by atoms with Crippen LogP contribution in [-0.2, 0) is 4.74 Å². The molecule has 1 aliphatic heterocycles. The number of nitrogen functional groups attached to an aromatic ring is 1. The Balaban J connectivity index is 2.20. The van der Waals surface area contributed by atoms with Gasteiger partial charge in [0, 0.05) is 24.9 Å². The number of benzene rings is 1. The van der Waals surface area contributed by atoms with E-state index in [0.29, 0.717) is 12.3 Å². The van der Waals surface area contributed by atoms with Crippen molar-refractivity contribution in [2.24, 2.45) is 0 Å². The quantitative estimate of drug-likeness (QED) is 0.825. The van der Waals surface area contributed by atoms with Crippen molar-refractivity contribution in [3.63, 3.8) is 0 Å². The number of nitrogens with zero attached hydrogens (tertiary/aromatic N) is 1. The molecule has 0 bridgehead atoms. The first-order valence-electron chi connectivity index (χ1n) is 5.51. The maximum atomic E-state index is 13.4. The summed E-state index contributed by atoms with van der Waals surface area (Å²) in [5.74, 6) is -2.65. The summed E-state index contributed by atoms with van der Waals surface area (Å²) in [4.78, 5) is 1.68. The van der Waals surface area contributed by atoms with Crippen molar-refractivity contribution in [3.05, 3.63) is 24.3 Å². The molecular formula is C12H16F2N2O. The summed E-state index contributed by atoms with van der Waals surface area (Å²) < 4.78 is 31.8. The van der Waals surface area contributed by atoms with Crippen molar-refractivity contribution >= 4 is 11.4 Å². The Morgan fingerprint density at radius 3 is 2.65 bits per heavy atom. The highest BCUT2D eigenvalue weighted by Gasteiger charge is 2.44. The van der Waals surface area contributed by atoms with Gasteiger partial charge >= 0.3 is 0 Å². The summed E-state index contributed by atoms with van der Waals surface area (Å²) in [6.45, 7) is 0.0465. The normalized spacial score (nSPS) is 23.0. The molecule has 17 heavy (non-hydrogen) atoms. The zero-order valence-corrected chi connectivity index (χ0v) is 9.70. The van der Waals surface area contributed by atoms with E-state index in [9.17, 15) is 8.78 Å². The molecule has 3 nitrogen and oxygen atoms in total. The van der Waals surface area contributed by atoms with E-state index in [1.807, 2.05) is 0 Å². The first kappa shape index (κ1) is 12.1. The fourth-order valence-corrected chi connectivity index (χ4v) is 2.21. The van der Waals surface area contributed by atoms with Crippen LogP contribution in [0, 0.1) is 0 Å². The number of anilines is 2. The molecule has 1 saturated heterocycles. The van der Waals surface area contributed by atoms with Crippen molar-refractivity contribution in [1.82, 2.24) is 0 Å². The van der Waals surface area contributed by atoms with Gasteiger partial charge in [-0.05, 0) is 24.3 Å². The van der Waals surface area contributed by atoms with Gasteiger partial charge in [-0.3, -0.25) is 0 Å². The van der Waals surface area contributed by atoms with E-state index in [2.05, 4.69) is 0 Å². The Morgan fingerprint density at radius 1 is 1.41 bits per heavy atom. The molecule has 0 aromatic heterocycles. The van der Waals surface area contributed by atoms with Gasteiger partial charge in [0.05, 0.1) is 19.2 Å². The predicted octanol–water partition coefficient (Wildman–Crippen LogP) is 2.13. The fraction of sp³-hybridized carbons (Fsp3) is 0.500. The number of hydrogen-bond donors (Lipinski definition) is 1. The largest absolute Gasteiger partial charge is 0.399 e. The molecule has 0 unspecified atom stereocenters. The predicted molar refractivity (Wildman–Crippen MR) is 63.4 cm³/mol. The van der Waals surface area contributed by atoms with Crippen molar-refractivity contribution < 1.29 is 13.5 Å². The van der Waals surface area contributed by atoms with E-state index in [1.165, 1.54) is 7.11 Å². The molecule has 1 aromatic carbocycles. The van der Waals surface area contributed by atoms with Gasteiger partial charge in [-0.1, -0.05) is 0 Å². The molecular weight excluding hydrogens is 226 g/mol. The van der Waals surface area contributed by atoms with Gasteiger partial charge in [0.2, 0.25) is 0 Å². The minimum Gasteiger partial charge on any atom is -0.399 e. The van der Waals surface area contributed by atoms with E-state index in [4.69, 9.17) is 10.5 Å². The molecule has 0 saturated carbocycles. The van der Waals surface area contributed by atoms with Gasteiger partial charge in [-0.25, -0.2) is 8.78 Å². The molecule has 2 rings (SSSR count). The van der Waals surface area contributed by atoms with Crippen molar-refractivity contribution in [2.75, 3.05) is 30.9 Å². The second kappa shape index (κ2) is 4.49. The van der Waals surface area contributed by atoms with E-state index in [1.54, 1.807) is 29.2 Å². The molecule has 94 valence electrons. The molecule has 1 fully saturated rings. The van der Waals surface area contributed by atoms with Crippen LogP contribution in [0.4, 0.5) is 20.2 Å². The van der Waals surface area contributed by atoms with Crippen molar-refractivity contribution in [1.29, 1.82) is 0 Å². The zero-order chi connectivity index (χ0) is 12.5. The molecule has 1 atom stereocenters. The monoisotopic (exact) mass is 242 g/mol. The van der Waals surface area contributed by atoms with Crippen LogP contribution in [0.15, 0.2) is 24.3 Å². The number of hydrogen-bond acceptors (Lipinski definition) is 3. The summed E-state index contributed by atoms with van der Waals surface area (Å²) >= 11 is 0. The summed E-state index contributed by atoms with van der Waals surface area (Å²) in [6.07, 6.45) is -0.161. The molecule has 1 aliphatic rings. The number of rotatable bonds is 3. The third-order valence-electron chi connectivity index (χ3n) is 2.96. The van der Waals surface area contributed by atoms with Crippen molar-refractivity contribution in [2.45, 2.75) is 18.4 Å². The number of methoxy groups -OCH3 is 1. The standard InChI is InChI=1S/C12H16F2N2O/c1-17-7-11-6-12(13,14)8-16(11)10-4-2-9(15)3-5-10/h2-5,11H,6-8,15H2,1H3/t11-/m1/s1. The first-order valence-corrected chi connectivity index (χ1v) is 5.51. The summed E-state index contributed by atoms with van der Waals surface area (Å²) in [6, 6.07) is 6.68. The van der Waals surface area contributed by atoms with Crippen LogP contribution in [0.1, 0.15) is 6.42 Å². The maximum absolute atomic E-state index is 13.4. The van der Waals surface area contributed by atoms with E-state index < -0.39 is 5.92 Å². The van der Waals surface area contributed by atoms with Crippen LogP contribution >= 0.6 is 0 Å². The highest BCUT2D eigenvalue weighted by molar-refractivity contribution is 5.54. The molecule has 0 spiro atoms. The van der Waals surface area contributed by atoms with Gasteiger partial charge < -0.3 is 15.4 Å². The first-order chi connectivity index (χ1) is 8.02. The van der Waals surface area contributed by atoms with Crippen LogP contribution in [-0.4, -0.2) is 32.2 Å². The Hall–Kier alpha value is -1.36. The molecule has 5 heteroatoms. The van der Waals surface area contributed by atoms with Crippen LogP contribution in [0.3, 0.4) is 0 Å². The smallest absolute Gasteiger partial charge is 0.267 e. The summed E-state index contributed by atoms with van der Waals surface area (Å²) in [5, 5.41) is 0. The number of halogens is 2. The molecule has 1 aromatic rings. The molecule has 0 aliphatic carbocycles. The van der Waals surface area contributed by atoms with Gasteiger partial charge in [-0.15, -0.1) is 0 Å². The highest BCUT2D eigenvalue weighted by Crippen LogP contribution is 2.35. The highest BCUT2D eigenvalue weighted by atomic mass is 19.3. The second-order valence-electron chi connectivity index (χ2n) is 4.39. The molecule has 2 N–H and O–H groups in total. The van der Waals surface area contributed by atoms with E-state index >= 15 is 0 Å². The van der Waals surface area contributed by atoms with Crippen LogP contribution in [0.2, 0.25) is 0 Å². The summed E-state index contributed by atoms with van der Waals surface area (Å²) in [7, 11) is 1.53. The Morgan fingerprint density at radius 2 is 2.06 bits per heavy atom. The summed E-state index contributed by atoms with van der Waals surface area (Å²) in [5.41, 5.74) is 6.97. The average molecular weight is 242 g/mol. The van der Waals surface area contributed by atoms with E-state index in [-0.39, 0.29) is 19.0 Å². The number of nitrogens with two attached hydrogens (primary N) is 1. The minimum atomic E-state index is -2.65. The van der Waals surface area contributed by atoms with Crippen LogP contribution in [0.5, 0.6) is 0 Å². The van der Waals surface area contributed by atoms with Crippen LogP contribution < -0.4 is 10.6 Å². The minimum absolute atomic E-state index is 0.161. The average Bonchev–Trinajstić information content (AvgIpc) is 2.56. The van der Waals surface area contributed by atoms with Crippen molar-refractivity contribution in [3.8, 4) is 0 Å². The zero-order valence-electron chi connectivity index (χ0n) is 9.70. The molecule has 0 amide bonds. The lowest BCUT2D eigenvalue weighted by Crippen LogP contribution is -2.33. The topological polar surface area (TPSA) is 38.5 Å². The van der Waals surface area contributed by atoms with E-state index in [0.717, 1.165) is 5.69 Å². The van der Waals surface area contributed by atoms with Gasteiger partial charge in [0.25, 0.3) is 5.92 Å². The number of alkyl halides is 2. The fourth-order valence-electron chi connectivity index (χ4n) is 2.21. The lowest BCUT2D eigenvalue weighted by molar-refractivity contribution is 0.0189. The SMILES string of the molecule is COC[C@H]1CC(F)(F)CN1c1ccc(N)cc1. The lowest BCUT2D eigenvalue weighted by atomic mass is 10.2.